The first-order chi connectivity index (χ1) is 8.86. The van der Waals surface area contributed by atoms with E-state index in [4.69, 9.17) is 16.3 Å². The molecule has 2 nitrogen and oxygen atoms in total. The van der Waals surface area contributed by atoms with E-state index in [2.05, 4.69) is 39.5 Å². The summed E-state index contributed by atoms with van der Waals surface area (Å²) in [6.07, 6.45) is 8.67. The van der Waals surface area contributed by atoms with Gasteiger partial charge in [-0.1, -0.05) is 38.2 Å². The first-order valence-electron chi connectivity index (χ1n) is 6.67. The van der Waals surface area contributed by atoms with Gasteiger partial charge in [0.1, 0.15) is 5.76 Å². The van der Waals surface area contributed by atoms with Gasteiger partial charge >= 0.3 is 5.97 Å². The summed E-state index contributed by atoms with van der Waals surface area (Å²) >= 11 is 5.48. The number of hydrogen-bond donors (Lipinski definition) is 0. The van der Waals surface area contributed by atoms with Gasteiger partial charge in [0, 0.05) is 11.8 Å². The van der Waals surface area contributed by atoms with Gasteiger partial charge in [-0.3, -0.25) is 4.79 Å². The van der Waals surface area contributed by atoms with Crippen molar-refractivity contribution in [2.45, 2.75) is 40.0 Å². The lowest BCUT2D eigenvalue weighted by molar-refractivity contribution is -0.138. The molecule has 3 heteroatoms. The van der Waals surface area contributed by atoms with Crippen LogP contribution in [0, 0.1) is 11.3 Å². The first kappa shape index (κ1) is 16.0. The summed E-state index contributed by atoms with van der Waals surface area (Å²) < 4.78 is 5.06. The summed E-state index contributed by atoms with van der Waals surface area (Å²) in [6.45, 7) is 10.4. The predicted octanol–water partition coefficient (Wildman–Crippen LogP) is 4.61. The van der Waals surface area contributed by atoms with Gasteiger partial charge in [0.05, 0.1) is 6.42 Å². The zero-order chi connectivity index (χ0) is 14.5. The summed E-state index contributed by atoms with van der Waals surface area (Å²) in [6, 6.07) is 0. The SMILES string of the molecule is C=C(C=CC1C(C)=CCCC1(C)C)OC(=O)CCCl. The van der Waals surface area contributed by atoms with Crippen molar-refractivity contribution in [3.8, 4) is 0 Å². The Hall–Kier alpha value is -1.02. The van der Waals surface area contributed by atoms with Crippen molar-refractivity contribution in [3.05, 3.63) is 36.1 Å². The molecule has 106 valence electrons. The lowest BCUT2D eigenvalue weighted by atomic mass is 9.68. The van der Waals surface area contributed by atoms with Crippen LogP contribution in [0.1, 0.15) is 40.0 Å². The quantitative estimate of drug-likeness (QED) is 0.242. The monoisotopic (exact) mass is 282 g/mol. The maximum absolute atomic E-state index is 11.3. The van der Waals surface area contributed by atoms with E-state index in [0.717, 1.165) is 12.8 Å². The Morgan fingerprint density at radius 2 is 2.32 bits per heavy atom. The lowest BCUT2D eigenvalue weighted by Crippen LogP contribution is -2.26. The summed E-state index contributed by atoms with van der Waals surface area (Å²) in [5, 5.41) is 0. The number of carbonyl (C=O) groups is 1. The first-order valence-corrected chi connectivity index (χ1v) is 7.20. The number of halogens is 1. The number of carbonyl (C=O) groups excluding carboxylic acids is 1. The Morgan fingerprint density at radius 1 is 1.63 bits per heavy atom. The van der Waals surface area contributed by atoms with E-state index in [9.17, 15) is 4.79 Å². The lowest BCUT2D eigenvalue weighted by Gasteiger charge is -2.36. The van der Waals surface area contributed by atoms with Crippen LogP contribution in [-0.2, 0) is 9.53 Å². The van der Waals surface area contributed by atoms with Crippen LogP contribution in [0.25, 0.3) is 0 Å². The van der Waals surface area contributed by atoms with Crippen molar-refractivity contribution in [2.24, 2.45) is 11.3 Å². The van der Waals surface area contributed by atoms with Crippen LogP contribution in [0.5, 0.6) is 0 Å². The average molecular weight is 283 g/mol. The van der Waals surface area contributed by atoms with E-state index in [-0.39, 0.29) is 23.7 Å². The summed E-state index contributed by atoms with van der Waals surface area (Å²) in [5.74, 6) is 0.682. The number of ether oxygens (including phenoxy) is 1. The zero-order valence-corrected chi connectivity index (χ0v) is 12.8. The minimum absolute atomic E-state index is 0.211. The molecule has 1 rings (SSSR count). The third-order valence-corrected chi connectivity index (χ3v) is 3.79. The molecular formula is C16H23ClO2. The van der Waals surface area contributed by atoms with E-state index >= 15 is 0 Å². The highest BCUT2D eigenvalue weighted by atomic mass is 35.5. The molecule has 0 fully saturated rings. The van der Waals surface area contributed by atoms with Crippen molar-refractivity contribution in [3.63, 3.8) is 0 Å². The van der Waals surface area contributed by atoms with Crippen molar-refractivity contribution < 1.29 is 9.53 Å². The molecule has 19 heavy (non-hydrogen) atoms. The molecule has 0 aromatic carbocycles. The van der Waals surface area contributed by atoms with Crippen LogP contribution in [0.4, 0.5) is 0 Å². The molecule has 1 aliphatic rings. The largest absolute Gasteiger partial charge is 0.427 e. The van der Waals surface area contributed by atoms with E-state index in [1.165, 1.54) is 5.57 Å². The molecule has 0 saturated carbocycles. The van der Waals surface area contributed by atoms with Gasteiger partial charge in [-0.25, -0.2) is 0 Å². The van der Waals surface area contributed by atoms with Crippen LogP contribution in [0.3, 0.4) is 0 Å². The third-order valence-electron chi connectivity index (χ3n) is 3.61. The van der Waals surface area contributed by atoms with Gasteiger partial charge in [0.2, 0.25) is 0 Å². The Kier molecular flexibility index (Phi) is 5.86. The van der Waals surface area contributed by atoms with Crippen molar-refractivity contribution in [2.75, 3.05) is 5.88 Å². The highest BCUT2D eigenvalue weighted by Crippen LogP contribution is 2.41. The predicted molar refractivity (Wildman–Crippen MR) is 80.0 cm³/mol. The Labute approximate surface area is 121 Å². The van der Waals surface area contributed by atoms with Crippen molar-refractivity contribution >= 4 is 17.6 Å². The Balaban J connectivity index is 2.64. The highest BCUT2D eigenvalue weighted by molar-refractivity contribution is 6.18. The van der Waals surface area contributed by atoms with Gasteiger partial charge in [-0.2, -0.15) is 0 Å². The summed E-state index contributed by atoms with van der Waals surface area (Å²) in [7, 11) is 0. The molecule has 0 spiro atoms. The second kappa shape index (κ2) is 6.95. The second-order valence-electron chi connectivity index (χ2n) is 5.69. The molecule has 0 heterocycles. The molecule has 0 aliphatic heterocycles. The number of rotatable bonds is 5. The van der Waals surface area contributed by atoms with Gasteiger partial charge in [-0.15, -0.1) is 11.6 Å². The number of esters is 1. The summed E-state index contributed by atoms with van der Waals surface area (Å²) in [5.41, 5.74) is 1.60. The second-order valence-corrected chi connectivity index (χ2v) is 6.07. The molecule has 0 aromatic rings. The normalized spacial score (nSPS) is 22.1. The number of allylic oxidation sites excluding steroid dienone is 4. The Bertz CT molecular complexity index is 405. The van der Waals surface area contributed by atoms with Gasteiger partial charge < -0.3 is 4.74 Å². The van der Waals surface area contributed by atoms with E-state index < -0.39 is 0 Å². The summed E-state index contributed by atoms with van der Waals surface area (Å²) in [4.78, 5) is 11.3. The highest BCUT2D eigenvalue weighted by Gasteiger charge is 2.30. The van der Waals surface area contributed by atoms with Crippen molar-refractivity contribution in [1.29, 1.82) is 0 Å². The third kappa shape index (κ3) is 4.87. The van der Waals surface area contributed by atoms with Crippen molar-refractivity contribution in [1.82, 2.24) is 0 Å². The molecule has 0 saturated heterocycles. The van der Waals surface area contributed by atoms with Crippen LogP contribution in [0.2, 0.25) is 0 Å². The fraction of sp³-hybridized carbons (Fsp3) is 0.562. The topological polar surface area (TPSA) is 26.3 Å². The fourth-order valence-corrected chi connectivity index (χ4v) is 2.65. The average Bonchev–Trinajstić information content (AvgIpc) is 2.27. The van der Waals surface area contributed by atoms with Crippen LogP contribution < -0.4 is 0 Å². The molecule has 0 radical (unpaired) electrons. The zero-order valence-electron chi connectivity index (χ0n) is 12.0. The molecule has 0 bridgehead atoms. The smallest absolute Gasteiger partial charge is 0.312 e. The molecular weight excluding hydrogens is 260 g/mol. The van der Waals surface area contributed by atoms with Gasteiger partial charge in [0.15, 0.2) is 0 Å². The molecule has 0 aromatic heterocycles. The van der Waals surface area contributed by atoms with E-state index in [1.54, 1.807) is 6.08 Å². The number of alkyl halides is 1. The van der Waals surface area contributed by atoms with E-state index in [1.807, 2.05) is 0 Å². The molecule has 1 unspecified atom stereocenters. The fourth-order valence-electron chi connectivity index (χ4n) is 2.49. The Morgan fingerprint density at radius 3 is 2.89 bits per heavy atom. The molecule has 1 atom stereocenters. The van der Waals surface area contributed by atoms with Gasteiger partial charge in [0.25, 0.3) is 0 Å². The van der Waals surface area contributed by atoms with Crippen LogP contribution >= 0.6 is 11.6 Å². The van der Waals surface area contributed by atoms with E-state index in [0.29, 0.717) is 11.7 Å². The molecule has 0 N–H and O–H groups in total. The standard InChI is InChI=1S/C16H23ClO2/c1-12-6-5-10-16(3,4)14(12)8-7-13(2)19-15(18)9-11-17/h6-8,14H,2,5,9-11H2,1,3-4H3. The molecule has 0 amide bonds. The number of hydrogen-bond acceptors (Lipinski definition) is 2. The van der Waals surface area contributed by atoms with Crippen LogP contribution in [-0.4, -0.2) is 11.8 Å². The minimum atomic E-state index is -0.334. The maximum Gasteiger partial charge on any atom is 0.312 e. The maximum atomic E-state index is 11.3. The molecule has 1 aliphatic carbocycles. The van der Waals surface area contributed by atoms with Crippen LogP contribution in [0.15, 0.2) is 36.1 Å². The van der Waals surface area contributed by atoms with Gasteiger partial charge in [-0.05, 0) is 31.3 Å². The minimum Gasteiger partial charge on any atom is -0.427 e.